The molecular weight excluding hydrogens is 375 g/mol. The molecule has 0 saturated carbocycles. The van der Waals surface area contributed by atoms with E-state index in [0.717, 1.165) is 11.1 Å². The lowest BCUT2D eigenvalue weighted by molar-refractivity contribution is -0.176. The molecule has 28 heavy (non-hydrogen) atoms. The number of carbonyl (C=O) groups excluding carboxylic acids is 1. The molecule has 0 fully saturated rings. The highest BCUT2D eigenvalue weighted by molar-refractivity contribution is 5.87. The second-order valence-corrected chi connectivity index (χ2v) is 6.20. The number of carbonyl (C=O) groups is 2. The number of benzene rings is 2. The second-order valence-electron chi connectivity index (χ2n) is 6.20. The summed E-state index contributed by atoms with van der Waals surface area (Å²) in [4.78, 5) is 22.7. The molecule has 0 aliphatic rings. The van der Waals surface area contributed by atoms with Crippen molar-refractivity contribution in [3.63, 3.8) is 0 Å². The molecule has 0 radical (unpaired) electrons. The SMILES string of the molecule is O=C(CCc1ccc(C(=O)O)cc1)NCc1ccc(COCC(F)(F)F)cc1. The van der Waals surface area contributed by atoms with Gasteiger partial charge in [-0.15, -0.1) is 0 Å². The Hall–Kier alpha value is -2.87. The van der Waals surface area contributed by atoms with Crippen molar-refractivity contribution in [1.82, 2.24) is 5.32 Å². The molecule has 0 aliphatic heterocycles. The van der Waals surface area contributed by atoms with Gasteiger partial charge in [0, 0.05) is 13.0 Å². The van der Waals surface area contributed by atoms with Gasteiger partial charge in [0.15, 0.2) is 0 Å². The molecule has 2 aromatic carbocycles. The fourth-order valence-electron chi connectivity index (χ4n) is 2.40. The number of nitrogens with one attached hydrogen (secondary N) is 1. The quantitative estimate of drug-likeness (QED) is 0.679. The van der Waals surface area contributed by atoms with Crippen LogP contribution in [0, 0.1) is 0 Å². The van der Waals surface area contributed by atoms with Gasteiger partial charge in [0.25, 0.3) is 0 Å². The Kier molecular flexibility index (Phi) is 7.57. The minimum absolute atomic E-state index is 0.132. The Morgan fingerprint density at radius 2 is 1.50 bits per heavy atom. The van der Waals surface area contributed by atoms with E-state index in [1.54, 1.807) is 36.4 Å². The van der Waals surface area contributed by atoms with Gasteiger partial charge < -0.3 is 15.2 Å². The predicted octanol–water partition coefficient (Wildman–Crippen LogP) is 3.71. The van der Waals surface area contributed by atoms with Gasteiger partial charge in [0.1, 0.15) is 6.61 Å². The van der Waals surface area contributed by atoms with Crippen LogP contribution in [0.2, 0.25) is 0 Å². The smallest absolute Gasteiger partial charge is 0.411 e. The van der Waals surface area contributed by atoms with E-state index < -0.39 is 18.8 Å². The summed E-state index contributed by atoms with van der Waals surface area (Å²) in [7, 11) is 0. The summed E-state index contributed by atoms with van der Waals surface area (Å²) in [5, 5.41) is 11.6. The van der Waals surface area contributed by atoms with Gasteiger partial charge in [0.05, 0.1) is 12.2 Å². The third-order valence-electron chi connectivity index (χ3n) is 3.89. The fraction of sp³-hybridized carbons (Fsp3) is 0.300. The summed E-state index contributed by atoms with van der Waals surface area (Å²) in [6.45, 7) is -1.11. The molecule has 2 N–H and O–H groups in total. The van der Waals surface area contributed by atoms with Crippen LogP contribution in [-0.2, 0) is 29.1 Å². The first-order valence-corrected chi connectivity index (χ1v) is 8.54. The van der Waals surface area contributed by atoms with Crippen molar-refractivity contribution in [2.24, 2.45) is 0 Å². The molecule has 0 unspecified atom stereocenters. The van der Waals surface area contributed by atoms with Crippen LogP contribution in [0.25, 0.3) is 0 Å². The number of aryl methyl sites for hydroxylation is 1. The first kappa shape index (κ1) is 21.4. The van der Waals surface area contributed by atoms with Gasteiger partial charge in [-0.2, -0.15) is 13.2 Å². The zero-order chi connectivity index (χ0) is 20.6. The lowest BCUT2D eigenvalue weighted by Gasteiger charge is -2.09. The number of ether oxygens (including phenoxy) is 1. The lowest BCUT2D eigenvalue weighted by Crippen LogP contribution is -2.23. The van der Waals surface area contributed by atoms with Crippen LogP contribution in [0.1, 0.15) is 33.5 Å². The molecule has 2 rings (SSSR count). The molecule has 0 aromatic heterocycles. The number of hydrogen-bond acceptors (Lipinski definition) is 3. The summed E-state index contributed by atoms with van der Waals surface area (Å²) in [5.41, 5.74) is 2.49. The standard InChI is InChI=1S/C20H20F3NO4/c21-20(22,23)13-28-12-16-3-1-15(2-4-16)11-24-18(25)10-7-14-5-8-17(9-6-14)19(26)27/h1-6,8-9H,7,10-13H2,(H,24,25)(H,26,27). The number of amides is 1. The van der Waals surface area contributed by atoms with Crippen LogP contribution in [0.4, 0.5) is 13.2 Å². The van der Waals surface area contributed by atoms with Crippen molar-refractivity contribution in [2.45, 2.75) is 32.2 Å². The number of aromatic carboxylic acids is 1. The third kappa shape index (κ3) is 7.79. The Morgan fingerprint density at radius 1 is 0.929 bits per heavy atom. The van der Waals surface area contributed by atoms with Crippen LogP contribution in [0.3, 0.4) is 0 Å². The highest BCUT2D eigenvalue weighted by atomic mass is 19.4. The Balaban J connectivity index is 1.71. The van der Waals surface area contributed by atoms with Gasteiger partial charge in [-0.05, 0) is 35.2 Å². The zero-order valence-electron chi connectivity index (χ0n) is 15.0. The predicted molar refractivity (Wildman–Crippen MR) is 95.7 cm³/mol. The second kappa shape index (κ2) is 9.89. The van der Waals surface area contributed by atoms with E-state index in [0.29, 0.717) is 18.5 Å². The number of halogens is 3. The van der Waals surface area contributed by atoms with Crippen molar-refractivity contribution >= 4 is 11.9 Å². The van der Waals surface area contributed by atoms with E-state index in [9.17, 15) is 22.8 Å². The fourth-order valence-corrected chi connectivity index (χ4v) is 2.40. The van der Waals surface area contributed by atoms with Gasteiger partial charge >= 0.3 is 12.1 Å². The van der Waals surface area contributed by atoms with Gasteiger partial charge in [-0.1, -0.05) is 36.4 Å². The van der Waals surface area contributed by atoms with E-state index in [4.69, 9.17) is 5.11 Å². The molecule has 0 atom stereocenters. The average Bonchev–Trinajstić information content (AvgIpc) is 2.65. The number of rotatable bonds is 9. The summed E-state index contributed by atoms with van der Waals surface area (Å²) in [6.07, 6.45) is -3.60. The molecule has 0 aliphatic carbocycles. The van der Waals surface area contributed by atoms with Gasteiger partial charge in [-0.25, -0.2) is 4.79 Å². The van der Waals surface area contributed by atoms with E-state index in [1.807, 2.05) is 0 Å². The largest absolute Gasteiger partial charge is 0.478 e. The maximum absolute atomic E-state index is 12.0. The van der Waals surface area contributed by atoms with Crippen LogP contribution >= 0.6 is 0 Å². The molecular formula is C20H20F3NO4. The minimum atomic E-state index is -4.34. The van der Waals surface area contributed by atoms with Gasteiger partial charge in [-0.3, -0.25) is 4.79 Å². The van der Waals surface area contributed by atoms with Gasteiger partial charge in [0.2, 0.25) is 5.91 Å². The molecule has 0 heterocycles. The first-order valence-electron chi connectivity index (χ1n) is 8.54. The number of carboxylic acid groups (broad SMARTS) is 1. The number of alkyl halides is 3. The Labute approximate surface area is 160 Å². The summed E-state index contributed by atoms with van der Waals surface area (Å²) >= 11 is 0. The van der Waals surface area contributed by atoms with Crippen molar-refractivity contribution in [1.29, 1.82) is 0 Å². The summed E-state index contributed by atoms with van der Waals surface area (Å²) < 4.78 is 40.7. The highest BCUT2D eigenvalue weighted by Gasteiger charge is 2.27. The third-order valence-corrected chi connectivity index (χ3v) is 3.89. The summed E-state index contributed by atoms with van der Waals surface area (Å²) in [5.74, 6) is -1.15. The first-order chi connectivity index (χ1) is 13.2. The van der Waals surface area contributed by atoms with Crippen molar-refractivity contribution < 1.29 is 32.6 Å². The average molecular weight is 395 g/mol. The summed E-state index contributed by atoms with van der Waals surface area (Å²) in [6, 6.07) is 13.1. The van der Waals surface area contributed by atoms with Crippen LogP contribution in [0.5, 0.6) is 0 Å². The highest BCUT2D eigenvalue weighted by Crippen LogP contribution is 2.16. The van der Waals surface area contributed by atoms with Crippen LogP contribution < -0.4 is 5.32 Å². The van der Waals surface area contributed by atoms with Crippen LogP contribution in [-0.4, -0.2) is 29.8 Å². The molecule has 2 aromatic rings. The maximum atomic E-state index is 12.0. The maximum Gasteiger partial charge on any atom is 0.411 e. The normalized spacial score (nSPS) is 11.2. The number of hydrogen-bond donors (Lipinski definition) is 2. The van der Waals surface area contributed by atoms with E-state index in [1.165, 1.54) is 12.1 Å². The Morgan fingerprint density at radius 3 is 2.07 bits per heavy atom. The molecule has 150 valence electrons. The van der Waals surface area contributed by atoms with Crippen LogP contribution in [0.15, 0.2) is 48.5 Å². The lowest BCUT2D eigenvalue weighted by atomic mass is 10.1. The molecule has 1 amide bonds. The number of carboxylic acids is 1. The minimum Gasteiger partial charge on any atom is -0.478 e. The molecule has 0 spiro atoms. The van der Waals surface area contributed by atoms with E-state index in [-0.39, 0.29) is 24.5 Å². The molecule has 0 bridgehead atoms. The molecule has 5 nitrogen and oxygen atoms in total. The topological polar surface area (TPSA) is 75.6 Å². The molecule has 0 saturated heterocycles. The van der Waals surface area contributed by atoms with Crippen molar-refractivity contribution in [3.05, 3.63) is 70.8 Å². The van der Waals surface area contributed by atoms with Crippen molar-refractivity contribution in [2.75, 3.05) is 6.61 Å². The van der Waals surface area contributed by atoms with E-state index >= 15 is 0 Å². The van der Waals surface area contributed by atoms with E-state index in [2.05, 4.69) is 10.1 Å². The molecule has 8 heteroatoms. The monoisotopic (exact) mass is 395 g/mol. The van der Waals surface area contributed by atoms with Crippen molar-refractivity contribution in [3.8, 4) is 0 Å². The zero-order valence-corrected chi connectivity index (χ0v) is 15.0. The Bertz CT molecular complexity index is 787.